The van der Waals surface area contributed by atoms with Gasteiger partial charge in [0.25, 0.3) is 0 Å². The smallest absolute Gasteiger partial charge is 0.160 e. The van der Waals surface area contributed by atoms with Crippen LogP contribution in [-0.4, -0.2) is 19.9 Å². The molecule has 0 aliphatic heterocycles. The molecule has 270 valence electrons. The van der Waals surface area contributed by atoms with E-state index in [2.05, 4.69) is 170 Å². The van der Waals surface area contributed by atoms with E-state index in [0.717, 1.165) is 65.9 Å². The predicted molar refractivity (Wildman–Crippen MR) is 246 cm³/mol. The van der Waals surface area contributed by atoms with Crippen molar-refractivity contribution in [2.75, 3.05) is 0 Å². The third-order valence-corrected chi connectivity index (χ3v) is 13.4. The first-order valence-electron chi connectivity index (χ1n) is 19.3. The quantitative estimate of drug-likeness (QED) is 0.175. The van der Waals surface area contributed by atoms with Gasteiger partial charge >= 0.3 is 0 Å². The van der Waals surface area contributed by atoms with E-state index in [4.69, 9.17) is 19.9 Å². The van der Waals surface area contributed by atoms with Crippen LogP contribution in [0.4, 0.5) is 0 Å². The third-order valence-electron chi connectivity index (χ3n) is 11.1. The Balaban J connectivity index is 1.02. The van der Waals surface area contributed by atoms with Crippen LogP contribution in [0.15, 0.2) is 182 Å². The van der Waals surface area contributed by atoms with Gasteiger partial charge in [-0.25, -0.2) is 19.9 Å². The maximum absolute atomic E-state index is 5.40. The molecule has 0 aliphatic carbocycles. The van der Waals surface area contributed by atoms with Crippen LogP contribution in [0.1, 0.15) is 0 Å². The topological polar surface area (TPSA) is 51.6 Å². The molecule has 0 saturated carbocycles. The highest BCUT2D eigenvalue weighted by Gasteiger charge is 2.20. The molecule has 0 fully saturated rings. The normalized spacial score (nSPS) is 11.8. The lowest BCUT2D eigenvalue weighted by molar-refractivity contribution is 1.22. The van der Waals surface area contributed by atoms with Crippen molar-refractivity contribution in [2.45, 2.75) is 0 Å². The molecule has 0 unspecified atom stereocenters. The Morgan fingerprint density at radius 1 is 0.328 bits per heavy atom. The third kappa shape index (κ3) is 5.41. The average Bonchev–Trinajstić information content (AvgIpc) is 3.87. The number of nitrogens with zero attached hydrogens (tertiary/aromatic N) is 4. The Morgan fingerprint density at radius 2 is 1.00 bits per heavy atom. The number of aromatic nitrogens is 4. The second-order valence-corrected chi connectivity index (χ2v) is 16.7. The summed E-state index contributed by atoms with van der Waals surface area (Å²) in [6, 6.07) is 64.2. The molecule has 0 saturated heterocycles. The number of hydrogen-bond acceptors (Lipinski definition) is 6. The highest BCUT2D eigenvalue weighted by molar-refractivity contribution is 7.26. The van der Waals surface area contributed by atoms with Crippen molar-refractivity contribution in [1.82, 2.24) is 19.9 Å². The molecule has 4 nitrogen and oxygen atoms in total. The number of thiophene rings is 2. The summed E-state index contributed by atoms with van der Waals surface area (Å²) >= 11 is 3.61. The van der Waals surface area contributed by atoms with Gasteiger partial charge in [-0.15, -0.1) is 22.7 Å². The van der Waals surface area contributed by atoms with Crippen LogP contribution in [0.3, 0.4) is 0 Å². The van der Waals surface area contributed by atoms with Gasteiger partial charge in [-0.2, -0.15) is 0 Å². The summed E-state index contributed by atoms with van der Waals surface area (Å²) in [5, 5.41) is 7.16. The molecular formula is C52H30N4S2. The van der Waals surface area contributed by atoms with Crippen molar-refractivity contribution in [3.8, 4) is 56.4 Å². The van der Waals surface area contributed by atoms with Crippen molar-refractivity contribution in [2.24, 2.45) is 0 Å². The molecule has 0 aliphatic rings. The summed E-state index contributed by atoms with van der Waals surface area (Å²) in [7, 11) is 0. The zero-order chi connectivity index (χ0) is 38.2. The van der Waals surface area contributed by atoms with Crippen LogP contribution in [-0.2, 0) is 0 Å². The minimum absolute atomic E-state index is 0.696. The van der Waals surface area contributed by atoms with Gasteiger partial charge in [0.15, 0.2) is 11.6 Å². The number of benzene rings is 8. The van der Waals surface area contributed by atoms with Gasteiger partial charge in [-0.05, 0) is 52.2 Å². The van der Waals surface area contributed by atoms with Gasteiger partial charge in [0.05, 0.1) is 27.1 Å². The first kappa shape index (κ1) is 33.1. The monoisotopic (exact) mass is 774 g/mol. The SMILES string of the molecule is c1ccc(-c2cccc(-c3nc(-c4ccc(-c5nc(-c6ccc7c(c6)sc6ccccc67)c6sc7ccc8ccccc8c7c6n5)cc4)c4ccccc4n3)c2)cc1. The fourth-order valence-electron chi connectivity index (χ4n) is 8.28. The van der Waals surface area contributed by atoms with E-state index < -0.39 is 0 Å². The van der Waals surface area contributed by atoms with E-state index in [-0.39, 0.29) is 0 Å². The van der Waals surface area contributed by atoms with Crippen LogP contribution in [0, 0.1) is 0 Å². The lowest BCUT2D eigenvalue weighted by Gasteiger charge is -2.11. The molecular weight excluding hydrogens is 745 g/mol. The summed E-state index contributed by atoms with van der Waals surface area (Å²) in [5.41, 5.74) is 10.1. The molecule has 0 spiro atoms. The van der Waals surface area contributed by atoms with Crippen molar-refractivity contribution in [3.05, 3.63) is 182 Å². The molecule has 0 N–H and O–H groups in total. The molecule has 58 heavy (non-hydrogen) atoms. The van der Waals surface area contributed by atoms with Gasteiger partial charge in [0.2, 0.25) is 0 Å². The van der Waals surface area contributed by atoms with Gasteiger partial charge in [-0.3, -0.25) is 0 Å². The Kier molecular flexibility index (Phi) is 7.55. The van der Waals surface area contributed by atoms with E-state index in [1.807, 2.05) is 23.5 Å². The number of fused-ring (bicyclic) bond motifs is 9. The fraction of sp³-hybridized carbons (Fsp3) is 0. The second kappa shape index (κ2) is 13.2. The average molecular weight is 775 g/mol. The molecule has 12 aromatic rings. The summed E-state index contributed by atoms with van der Waals surface area (Å²) in [5.74, 6) is 1.39. The summed E-state index contributed by atoms with van der Waals surface area (Å²) in [6.45, 7) is 0. The minimum Gasteiger partial charge on any atom is -0.228 e. The van der Waals surface area contributed by atoms with Crippen molar-refractivity contribution >= 4 is 84.8 Å². The fourth-order valence-corrected chi connectivity index (χ4v) is 10.6. The Morgan fingerprint density at radius 3 is 1.90 bits per heavy atom. The first-order valence-corrected chi connectivity index (χ1v) is 20.9. The lowest BCUT2D eigenvalue weighted by atomic mass is 10.0. The molecule has 8 aromatic carbocycles. The number of rotatable bonds is 5. The highest BCUT2D eigenvalue weighted by atomic mass is 32.1. The van der Waals surface area contributed by atoms with E-state index in [0.29, 0.717) is 11.6 Å². The zero-order valence-electron chi connectivity index (χ0n) is 30.9. The van der Waals surface area contributed by atoms with Crippen LogP contribution < -0.4 is 0 Å². The molecule has 6 heteroatoms. The lowest BCUT2D eigenvalue weighted by Crippen LogP contribution is -1.96. The van der Waals surface area contributed by atoms with Crippen LogP contribution in [0.2, 0.25) is 0 Å². The maximum atomic E-state index is 5.40. The van der Waals surface area contributed by atoms with Crippen molar-refractivity contribution < 1.29 is 0 Å². The summed E-state index contributed by atoms with van der Waals surface area (Å²) in [4.78, 5) is 21.0. The standard InChI is InChI=1S/C52H30N4S2/c1-2-11-31(12-3-1)35-14-10-15-37(29-35)52-53-42-19-8-6-18-41(42)47(54-52)33-21-23-34(24-22-33)51-55-48(36-25-27-40-39-17-7-9-20-43(39)57-45(40)30-36)50-49(56-51)46-38-16-5-4-13-32(38)26-28-44(46)58-50/h1-30H. The van der Waals surface area contributed by atoms with E-state index >= 15 is 0 Å². The Hall–Kier alpha value is -7.12. The van der Waals surface area contributed by atoms with E-state index in [1.165, 1.54) is 41.0 Å². The largest absolute Gasteiger partial charge is 0.228 e. The van der Waals surface area contributed by atoms with Crippen LogP contribution in [0.5, 0.6) is 0 Å². The molecule has 0 bridgehead atoms. The predicted octanol–water partition coefficient (Wildman–Crippen LogP) is 14.6. The van der Waals surface area contributed by atoms with E-state index in [9.17, 15) is 0 Å². The van der Waals surface area contributed by atoms with Gasteiger partial charge in [-0.1, -0.05) is 152 Å². The van der Waals surface area contributed by atoms with Crippen LogP contribution in [0.25, 0.3) is 119 Å². The van der Waals surface area contributed by atoms with Crippen molar-refractivity contribution in [3.63, 3.8) is 0 Å². The van der Waals surface area contributed by atoms with Crippen molar-refractivity contribution in [1.29, 1.82) is 0 Å². The highest BCUT2D eigenvalue weighted by Crippen LogP contribution is 2.44. The Labute approximate surface area is 341 Å². The summed E-state index contributed by atoms with van der Waals surface area (Å²) < 4.78 is 4.86. The maximum Gasteiger partial charge on any atom is 0.160 e. The molecule has 0 radical (unpaired) electrons. The second-order valence-electron chi connectivity index (χ2n) is 14.6. The molecule has 0 atom stereocenters. The van der Waals surface area contributed by atoms with Gasteiger partial charge in [0, 0.05) is 57.9 Å². The van der Waals surface area contributed by atoms with Gasteiger partial charge < -0.3 is 0 Å². The molecule has 12 rings (SSSR count). The minimum atomic E-state index is 0.696. The van der Waals surface area contributed by atoms with Gasteiger partial charge in [0.1, 0.15) is 0 Å². The zero-order valence-corrected chi connectivity index (χ0v) is 32.6. The first-order chi connectivity index (χ1) is 28.7. The number of para-hydroxylation sites is 1. The molecule has 4 heterocycles. The Bertz CT molecular complexity index is 3570. The molecule has 0 amide bonds. The van der Waals surface area contributed by atoms with Crippen LogP contribution >= 0.6 is 22.7 Å². The van der Waals surface area contributed by atoms with E-state index in [1.54, 1.807) is 11.3 Å². The number of hydrogen-bond donors (Lipinski definition) is 0. The summed E-state index contributed by atoms with van der Waals surface area (Å²) in [6.07, 6.45) is 0. The molecule has 4 aromatic heterocycles.